The van der Waals surface area contributed by atoms with Crippen molar-refractivity contribution in [3.8, 4) is 0 Å². The van der Waals surface area contributed by atoms with Crippen LogP contribution in [0.5, 0.6) is 0 Å². The van der Waals surface area contributed by atoms with Gasteiger partial charge in [-0.2, -0.15) is 0 Å². The molecule has 1 aliphatic rings. The molecule has 0 bridgehead atoms. The first-order valence-corrected chi connectivity index (χ1v) is 6.58. The Bertz CT molecular complexity index is 221. The van der Waals surface area contributed by atoms with Gasteiger partial charge in [0, 0.05) is 6.54 Å². The Morgan fingerprint density at radius 2 is 2.19 bits per heavy atom. The molecule has 0 heterocycles. The van der Waals surface area contributed by atoms with E-state index in [1.807, 2.05) is 6.92 Å². The number of hydrogen-bond donors (Lipinski definition) is 2. The van der Waals surface area contributed by atoms with E-state index in [-0.39, 0.29) is 0 Å². The molecule has 2 N–H and O–H groups in total. The molecule has 0 saturated heterocycles. The van der Waals surface area contributed by atoms with Crippen LogP contribution in [0.4, 0.5) is 0 Å². The van der Waals surface area contributed by atoms with E-state index in [0.717, 1.165) is 18.9 Å². The van der Waals surface area contributed by atoms with Crippen molar-refractivity contribution in [1.82, 2.24) is 5.32 Å². The van der Waals surface area contributed by atoms with E-state index in [4.69, 9.17) is 0 Å². The molecule has 0 spiro atoms. The minimum absolute atomic E-state index is 0.550. The second-order valence-corrected chi connectivity index (χ2v) is 5.88. The molecule has 0 aliphatic heterocycles. The van der Waals surface area contributed by atoms with E-state index in [2.05, 4.69) is 31.3 Å². The molecular weight excluding hydrogens is 198 g/mol. The van der Waals surface area contributed by atoms with Gasteiger partial charge in [0.15, 0.2) is 0 Å². The highest BCUT2D eigenvalue weighted by atomic mass is 16.3. The third-order valence-electron chi connectivity index (χ3n) is 3.16. The van der Waals surface area contributed by atoms with Crippen molar-refractivity contribution < 1.29 is 5.11 Å². The summed E-state index contributed by atoms with van der Waals surface area (Å²) in [5.41, 5.74) is -0.557. The first-order chi connectivity index (χ1) is 7.49. The zero-order chi connectivity index (χ0) is 12.0. The number of rotatable bonds is 6. The topological polar surface area (TPSA) is 32.3 Å². The minimum atomic E-state index is -0.557. The van der Waals surface area contributed by atoms with Gasteiger partial charge < -0.3 is 10.4 Å². The van der Waals surface area contributed by atoms with Crippen molar-refractivity contribution in [1.29, 1.82) is 0 Å². The predicted molar refractivity (Wildman–Crippen MR) is 69.4 cm³/mol. The van der Waals surface area contributed by atoms with Crippen molar-refractivity contribution >= 4 is 0 Å². The monoisotopic (exact) mass is 225 g/mol. The molecule has 0 saturated carbocycles. The molecule has 2 heteroatoms. The van der Waals surface area contributed by atoms with Crippen LogP contribution in [0.3, 0.4) is 0 Å². The highest BCUT2D eigenvalue weighted by molar-refractivity contribution is 4.90. The first-order valence-electron chi connectivity index (χ1n) is 6.58. The predicted octanol–water partition coefficient (Wildman–Crippen LogP) is 2.73. The molecule has 0 radical (unpaired) electrons. The molecule has 0 aromatic rings. The molecular formula is C14H27NO. The van der Waals surface area contributed by atoms with Gasteiger partial charge >= 0.3 is 0 Å². The molecule has 16 heavy (non-hydrogen) atoms. The first kappa shape index (κ1) is 13.7. The molecule has 2 unspecified atom stereocenters. The summed E-state index contributed by atoms with van der Waals surface area (Å²) in [6.07, 6.45) is 9.11. The van der Waals surface area contributed by atoms with Crippen molar-refractivity contribution in [2.75, 3.05) is 13.1 Å². The Balaban J connectivity index is 2.16. The van der Waals surface area contributed by atoms with Crippen LogP contribution < -0.4 is 5.32 Å². The molecule has 94 valence electrons. The molecule has 0 fully saturated rings. The largest absolute Gasteiger partial charge is 0.389 e. The summed E-state index contributed by atoms with van der Waals surface area (Å²) in [4.78, 5) is 0. The van der Waals surface area contributed by atoms with Crippen molar-refractivity contribution in [3.63, 3.8) is 0 Å². The molecule has 0 amide bonds. The summed E-state index contributed by atoms with van der Waals surface area (Å²) < 4.78 is 0. The maximum atomic E-state index is 10.1. The van der Waals surface area contributed by atoms with Crippen LogP contribution in [0.1, 0.15) is 46.5 Å². The molecule has 0 aromatic heterocycles. The van der Waals surface area contributed by atoms with E-state index in [9.17, 15) is 5.11 Å². The summed E-state index contributed by atoms with van der Waals surface area (Å²) in [5.74, 6) is 1.31. The van der Waals surface area contributed by atoms with Crippen LogP contribution in [-0.2, 0) is 0 Å². The van der Waals surface area contributed by atoms with Gasteiger partial charge in [0.25, 0.3) is 0 Å². The van der Waals surface area contributed by atoms with Gasteiger partial charge in [-0.3, -0.25) is 0 Å². The van der Waals surface area contributed by atoms with Crippen LogP contribution >= 0.6 is 0 Å². The Morgan fingerprint density at radius 1 is 1.44 bits per heavy atom. The lowest BCUT2D eigenvalue weighted by Gasteiger charge is -2.27. The van der Waals surface area contributed by atoms with Crippen molar-refractivity contribution in [3.05, 3.63) is 12.2 Å². The third kappa shape index (κ3) is 5.66. The number of allylic oxidation sites excluding steroid dienone is 2. The SMILES string of the molecule is CC(C)CC(C)(O)CNCC1CC=CCC1. The summed E-state index contributed by atoms with van der Waals surface area (Å²) in [7, 11) is 0. The summed E-state index contributed by atoms with van der Waals surface area (Å²) >= 11 is 0. The van der Waals surface area contributed by atoms with Crippen LogP contribution in [0.15, 0.2) is 12.2 Å². The molecule has 2 nitrogen and oxygen atoms in total. The molecule has 0 aromatic carbocycles. The second kappa shape index (κ2) is 6.41. The molecule has 2 atom stereocenters. The molecule has 1 aliphatic carbocycles. The normalized spacial score (nSPS) is 24.7. The smallest absolute Gasteiger partial charge is 0.0746 e. The fourth-order valence-corrected chi connectivity index (χ4v) is 2.54. The highest BCUT2D eigenvalue weighted by Crippen LogP contribution is 2.18. The van der Waals surface area contributed by atoms with Gasteiger partial charge in [-0.05, 0) is 51.0 Å². The standard InChI is InChI=1S/C14H27NO/c1-12(2)9-14(3,16)11-15-10-13-7-5-4-6-8-13/h4-5,12-13,15-16H,6-11H2,1-3H3. The van der Waals surface area contributed by atoms with E-state index < -0.39 is 5.60 Å². The zero-order valence-corrected chi connectivity index (χ0v) is 11.0. The average Bonchev–Trinajstić information content (AvgIpc) is 2.16. The Morgan fingerprint density at radius 3 is 2.75 bits per heavy atom. The lowest BCUT2D eigenvalue weighted by Crippen LogP contribution is -2.40. The second-order valence-electron chi connectivity index (χ2n) is 5.88. The summed E-state index contributed by atoms with van der Waals surface area (Å²) in [6.45, 7) is 7.99. The van der Waals surface area contributed by atoms with Gasteiger partial charge in [-0.15, -0.1) is 0 Å². The van der Waals surface area contributed by atoms with Crippen LogP contribution in [0.2, 0.25) is 0 Å². The average molecular weight is 225 g/mol. The summed E-state index contributed by atoms with van der Waals surface area (Å²) in [5, 5.41) is 13.6. The fraction of sp³-hybridized carbons (Fsp3) is 0.857. The minimum Gasteiger partial charge on any atom is -0.389 e. The number of hydrogen-bond acceptors (Lipinski definition) is 2. The van der Waals surface area contributed by atoms with Gasteiger partial charge in [-0.25, -0.2) is 0 Å². The third-order valence-corrected chi connectivity index (χ3v) is 3.16. The van der Waals surface area contributed by atoms with E-state index in [1.54, 1.807) is 0 Å². The Hall–Kier alpha value is -0.340. The number of aliphatic hydroxyl groups is 1. The lowest BCUT2D eigenvalue weighted by molar-refractivity contribution is 0.0377. The quantitative estimate of drug-likeness (QED) is 0.681. The van der Waals surface area contributed by atoms with Gasteiger partial charge in [-0.1, -0.05) is 26.0 Å². The maximum Gasteiger partial charge on any atom is 0.0746 e. The van der Waals surface area contributed by atoms with Crippen molar-refractivity contribution in [2.24, 2.45) is 11.8 Å². The van der Waals surface area contributed by atoms with Crippen LogP contribution in [0, 0.1) is 11.8 Å². The Labute approximate surface area is 100 Å². The maximum absolute atomic E-state index is 10.1. The van der Waals surface area contributed by atoms with Gasteiger partial charge in [0.1, 0.15) is 0 Å². The van der Waals surface area contributed by atoms with E-state index in [0.29, 0.717) is 12.5 Å². The van der Waals surface area contributed by atoms with Gasteiger partial charge in [0.05, 0.1) is 5.60 Å². The lowest BCUT2D eigenvalue weighted by atomic mass is 9.92. The number of nitrogens with one attached hydrogen (secondary N) is 1. The van der Waals surface area contributed by atoms with E-state index >= 15 is 0 Å². The van der Waals surface area contributed by atoms with Crippen LogP contribution in [-0.4, -0.2) is 23.8 Å². The fourth-order valence-electron chi connectivity index (χ4n) is 2.54. The van der Waals surface area contributed by atoms with E-state index in [1.165, 1.54) is 19.3 Å². The highest BCUT2D eigenvalue weighted by Gasteiger charge is 2.21. The van der Waals surface area contributed by atoms with Gasteiger partial charge in [0.2, 0.25) is 0 Å². The Kier molecular flexibility index (Phi) is 5.50. The summed E-state index contributed by atoms with van der Waals surface area (Å²) in [6, 6.07) is 0. The van der Waals surface area contributed by atoms with Crippen molar-refractivity contribution in [2.45, 2.75) is 52.1 Å². The zero-order valence-electron chi connectivity index (χ0n) is 11.0. The van der Waals surface area contributed by atoms with Crippen LogP contribution in [0.25, 0.3) is 0 Å². The molecule has 1 rings (SSSR count).